The number of carbonyl (C=O) groups excluding carboxylic acids is 1. The predicted molar refractivity (Wildman–Crippen MR) is 53.9 cm³/mol. The van der Waals surface area contributed by atoms with E-state index in [-0.39, 0.29) is 33.8 Å². The number of carbonyl (C=O) groups is 2. The van der Waals surface area contributed by atoms with Gasteiger partial charge in [-0.25, -0.2) is 0 Å². The summed E-state index contributed by atoms with van der Waals surface area (Å²) in [4.78, 5) is 22.5. The van der Waals surface area contributed by atoms with Crippen LogP contribution in [-0.2, 0) is 14.3 Å². The molecule has 1 N–H and O–H groups in total. The van der Waals surface area contributed by atoms with E-state index in [4.69, 9.17) is 9.84 Å². The van der Waals surface area contributed by atoms with Crippen LogP contribution in [0.4, 0.5) is 0 Å². The van der Waals surface area contributed by atoms with Crippen LogP contribution in [0.2, 0.25) is 0 Å². The van der Waals surface area contributed by atoms with Crippen LogP contribution in [0.15, 0.2) is 0 Å². The fourth-order valence-corrected chi connectivity index (χ4v) is 4.73. The highest BCUT2D eigenvalue weighted by Gasteiger charge is 2.67. The predicted octanol–water partition coefficient (Wildman–Crippen LogP) is 0.682. The molecule has 2 bridgehead atoms. The van der Waals surface area contributed by atoms with Crippen LogP contribution < -0.4 is 0 Å². The fraction of sp³-hybridized carbons (Fsp3) is 0.778. The minimum absolute atomic E-state index is 0.00583. The topological polar surface area (TPSA) is 63.6 Å². The van der Waals surface area contributed by atoms with Crippen molar-refractivity contribution in [2.75, 3.05) is 0 Å². The molecule has 2 aliphatic carbocycles. The molecule has 3 aliphatic rings. The number of aliphatic carboxylic acids is 1. The number of carboxylic acid groups (broad SMARTS) is 1. The molecule has 0 spiro atoms. The smallest absolute Gasteiger partial charge is 0.310 e. The maximum atomic E-state index is 11.5. The summed E-state index contributed by atoms with van der Waals surface area (Å²) < 4.78 is 5.42. The fourth-order valence-electron chi connectivity index (χ4n) is 3.31. The van der Waals surface area contributed by atoms with Crippen molar-refractivity contribution in [3.05, 3.63) is 0 Å². The molecular formula is C9H9IO4. The second kappa shape index (κ2) is 2.62. The van der Waals surface area contributed by atoms with E-state index in [9.17, 15) is 9.59 Å². The third kappa shape index (κ3) is 0.844. The van der Waals surface area contributed by atoms with Gasteiger partial charge in [0.25, 0.3) is 0 Å². The summed E-state index contributed by atoms with van der Waals surface area (Å²) in [5.41, 5.74) is 0. The van der Waals surface area contributed by atoms with Gasteiger partial charge in [-0.05, 0) is 12.3 Å². The van der Waals surface area contributed by atoms with Gasteiger partial charge in [0.1, 0.15) is 6.10 Å². The number of hydrogen-bond acceptors (Lipinski definition) is 3. The molecule has 0 radical (unpaired) electrons. The third-order valence-electron chi connectivity index (χ3n) is 3.81. The largest absolute Gasteiger partial charge is 0.481 e. The first kappa shape index (κ1) is 8.94. The molecule has 0 aromatic carbocycles. The number of rotatable bonds is 1. The molecular weight excluding hydrogens is 299 g/mol. The van der Waals surface area contributed by atoms with Crippen LogP contribution >= 0.6 is 22.6 Å². The minimum Gasteiger partial charge on any atom is -0.481 e. The number of halogens is 1. The summed E-state index contributed by atoms with van der Waals surface area (Å²) >= 11 is 2.23. The Morgan fingerprint density at radius 1 is 1.50 bits per heavy atom. The molecule has 6 atom stereocenters. The van der Waals surface area contributed by atoms with Gasteiger partial charge in [0.15, 0.2) is 0 Å². The van der Waals surface area contributed by atoms with Gasteiger partial charge in [-0.15, -0.1) is 0 Å². The van der Waals surface area contributed by atoms with Crippen molar-refractivity contribution < 1.29 is 19.4 Å². The van der Waals surface area contributed by atoms with Crippen molar-refractivity contribution in [2.45, 2.75) is 16.4 Å². The summed E-state index contributed by atoms with van der Waals surface area (Å²) in [7, 11) is 0. The molecule has 0 amide bonds. The molecule has 0 aromatic rings. The highest BCUT2D eigenvalue weighted by molar-refractivity contribution is 14.1. The average molecular weight is 308 g/mol. The van der Waals surface area contributed by atoms with E-state index in [1.807, 2.05) is 0 Å². The monoisotopic (exact) mass is 308 g/mol. The molecule has 3 fully saturated rings. The molecule has 4 nitrogen and oxygen atoms in total. The summed E-state index contributed by atoms with van der Waals surface area (Å²) in [6, 6.07) is 0. The maximum Gasteiger partial charge on any atom is 0.310 e. The molecule has 0 aromatic heterocycles. The first-order chi connectivity index (χ1) is 6.61. The lowest BCUT2D eigenvalue weighted by molar-refractivity contribution is -0.151. The lowest BCUT2D eigenvalue weighted by Gasteiger charge is -2.25. The molecule has 3 rings (SSSR count). The van der Waals surface area contributed by atoms with Crippen molar-refractivity contribution >= 4 is 34.5 Å². The van der Waals surface area contributed by atoms with E-state index in [1.165, 1.54) is 0 Å². The molecule has 1 heterocycles. The number of esters is 1. The van der Waals surface area contributed by atoms with Gasteiger partial charge in [0.2, 0.25) is 0 Å². The Balaban J connectivity index is 2.04. The first-order valence-corrected chi connectivity index (χ1v) is 5.93. The van der Waals surface area contributed by atoms with Gasteiger partial charge < -0.3 is 9.84 Å². The number of hydrogen-bond donors (Lipinski definition) is 1. The minimum atomic E-state index is -0.832. The van der Waals surface area contributed by atoms with E-state index < -0.39 is 11.9 Å². The summed E-state index contributed by atoms with van der Waals surface area (Å²) in [5, 5.41) is 9.08. The van der Waals surface area contributed by atoms with Crippen molar-refractivity contribution in [3.8, 4) is 0 Å². The van der Waals surface area contributed by atoms with Gasteiger partial charge >= 0.3 is 11.9 Å². The van der Waals surface area contributed by atoms with Crippen LogP contribution in [0.1, 0.15) is 6.42 Å². The van der Waals surface area contributed by atoms with Crippen LogP contribution in [0.3, 0.4) is 0 Å². The number of ether oxygens (including phenoxy) is 1. The molecule has 76 valence electrons. The van der Waals surface area contributed by atoms with Gasteiger partial charge in [0.05, 0.1) is 15.8 Å². The van der Waals surface area contributed by atoms with Gasteiger partial charge in [-0.3, -0.25) is 9.59 Å². The third-order valence-corrected chi connectivity index (χ3v) is 5.44. The normalized spacial score (nSPS) is 53.6. The summed E-state index contributed by atoms with van der Waals surface area (Å²) in [5.74, 6) is -1.65. The number of fused-ring (bicyclic) bond motifs is 1. The SMILES string of the molecule is O=C(O)[C@@H]1[C@H]2C[C@H]3[C@H](OC(=O)[C@@H]31)[C@H]2I. The Kier molecular flexibility index (Phi) is 1.67. The lowest BCUT2D eigenvalue weighted by atomic mass is 9.80. The van der Waals surface area contributed by atoms with Crippen LogP contribution in [0.5, 0.6) is 0 Å². The van der Waals surface area contributed by atoms with E-state index in [0.717, 1.165) is 6.42 Å². The van der Waals surface area contributed by atoms with Crippen LogP contribution in [-0.4, -0.2) is 27.1 Å². The van der Waals surface area contributed by atoms with E-state index in [1.54, 1.807) is 0 Å². The first-order valence-electron chi connectivity index (χ1n) is 4.68. The average Bonchev–Trinajstić information content (AvgIpc) is 2.67. The Hall–Kier alpha value is -0.330. The summed E-state index contributed by atoms with van der Waals surface area (Å²) in [6.07, 6.45) is 0.847. The highest BCUT2D eigenvalue weighted by Crippen LogP contribution is 2.59. The number of alkyl halides is 1. The van der Waals surface area contributed by atoms with Gasteiger partial charge in [0, 0.05) is 5.92 Å². The van der Waals surface area contributed by atoms with E-state index in [2.05, 4.69) is 22.6 Å². The van der Waals surface area contributed by atoms with E-state index >= 15 is 0 Å². The zero-order valence-electron chi connectivity index (χ0n) is 7.22. The molecule has 2 saturated carbocycles. The zero-order chi connectivity index (χ0) is 10.0. The van der Waals surface area contributed by atoms with Crippen LogP contribution in [0.25, 0.3) is 0 Å². The molecule has 0 unspecified atom stereocenters. The standard InChI is InChI=1S/C9H9IO4/c10-6-2-1-3-5(4(2)8(11)12)9(13)14-7(3)6/h2-7H,1H2,(H,11,12)/t2-,3-,4-,5+,6+,7+/m1/s1. The molecule has 1 saturated heterocycles. The summed E-state index contributed by atoms with van der Waals surface area (Å²) in [6.45, 7) is 0. The maximum absolute atomic E-state index is 11.5. The van der Waals surface area contributed by atoms with Crippen LogP contribution in [0, 0.1) is 23.7 Å². The second-order valence-corrected chi connectivity index (χ2v) is 5.74. The van der Waals surface area contributed by atoms with Crippen molar-refractivity contribution in [1.29, 1.82) is 0 Å². The Morgan fingerprint density at radius 3 is 2.86 bits per heavy atom. The Labute approximate surface area is 94.1 Å². The number of carboxylic acids is 1. The zero-order valence-corrected chi connectivity index (χ0v) is 9.38. The Bertz CT molecular complexity index is 329. The molecule has 1 aliphatic heterocycles. The molecule has 5 heteroatoms. The quantitative estimate of drug-likeness (QED) is 0.440. The molecule has 14 heavy (non-hydrogen) atoms. The van der Waals surface area contributed by atoms with E-state index in [0.29, 0.717) is 0 Å². The second-order valence-electron chi connectivity index (χ2n) is 4.30. The van der Waals surface area contributed by atoms with Gasteiger partial charge in [-0.2, -0.15) is 0 Å². The van der Waals surface area contributed by atoms with Crippen molar-refractivity contribution in [2.24, 2.45) is 23.7 Å². The van der Waals surface area contributed by atoms with Gasteiger partial charge in [-0.1, -0.05) is 22.6 Å². The highest BCUT2D eigenvalue weighted by atomic mass is 127. The Morgan fingerprint density at radius 2 is 2.21 bits per heavy atom. The lowest BCUT2D eigenvalue weighted by Crippen LogP contribution is -2.37. The van der Waals surface area contributed by atoms with Crippen molar-refractivity contribution in [3.63, 3.8) is 0 Å². The van der Waals surface area contributed by atoms with Crippen molar-refractivity contribution in [1.82, 2.24) is 0 Å².